The highest BCUT2D eigenvalue weighted by molar-refractivity contribution is 6.31. The largest absolute Gasteiger partial charge is 0.497 e. The predicted octanol–water partition coefficient (Wildman–Crippen LogP) is 3.20. The van der Waals surface area contributed by atoms with Gasteiger partial charge in [0.1, 0.15) is 18.1 Å². The number of nitrogens with zero attached hydrogens (tertiary/aromatic N) is 2. The number of benzene rings is 2. The maximum atomic E-state index is 6.31. The van der Waals surface area contributed by atoms with Gasteiger partial charge in [-0.15, -0.1) is 0 Å². The summed E-state index contributed by atoms with van der Waals surface area (Å²) in [6.45, 7) is 2.87. The van der Waals surface area contributed by atoms with Gasteiger partial charge in [-0.1, -0.05) is 35.9 Å². The molecule has 0 aliphatic heterocycles. The van der Waals surface area contributed by atoms with E-state index in [1.807, 2.05) is 50.5 Å². The van der Waals surface area contributed by atoms with Crippen LogP contribution in [-0.4, -0.2) is 58.8 Å². The fourth-order valence-electron chi connectivity index (χ4n) is 2.70. The van der Waals surface area contributed by atoms with Crippen molar-refractivity contribution in [1.82, 2.24) is 15.5 Å². The number of aliphatic imine (C=N–C) groups is 1. The lowest BCUT2D eigenvalue weighted by atomic mass is 10.1. The molecule has 0 atom stereocenters. The Bertz CT molecular complexity index is 796. The minimum atomic E-state index is 0.626. The Morgan fingerprint density at radius 2 is 1.90 bits per heavy atom. The highest BCUT2D eigenvalue weighted by Crippen LogP contribution is 2.22. The van der Waals surface area contributed by atoms with Crippen LogP contribution in [0.4, 0.5) is 0 Å². The number of para-hydroxylation sites is 1. The van der Waals surface area contributed by atoms with Crippen molar-refractivity contribution in [3.63, 3.8) is 0 Å². The first-order valence-corrected chi connectivity index (χ1v) is 10.0. The first kappa shape index (κ1) is 22.8. The summed E-state index contributed by atoms with van der Waals surface area (Å²) in [5.41, 5.74) is 2.16. The van der Waals surface area contributed by atoms with Crippen LogP contribution < -0.4 is 20.1 Å². The maximum Gasteiger partial charge on any atom is 0.191 e. The first-order valence-electron chi connectivity index (χ1n) is 9.66. The molecule has 2 aromatic carbocycles. The van der Waals surface area contributed by atoms with Crippen molar-refractivity contribution in [2.45, 2.75) is 13.0 Å². The summed E-state index contributed by atoms with van der Waals surface area (Å²) in [4.78, 5) is 6.39. The molecular formula is C22H31ClN4O2. The Labute approximate surface area is 178 Å². The molecule has 0 heterocycles. The van der Waals surface area contributed by atoms with Gasteiger partial charge in [-0.2, -0.15) is 0 Å². The summed E-state index contributed by atoms with van der Waals surface area (Å²) in [7, 11) is 7.46. The molecule has 7 heteroatoms. The number of halogens is 1. The van der Waals surface area contributed by atoms with E-state index in [4.69, 9.17) is 21.1 Å². The summed E-state index contributed by atoms with van der Waals surface area (Å²) < 4.78 is 11.1. The second kappa shape index (κ2) is 12.2. The van der Waals surface area contributed by atoms with Crippen LogP contribution in [0.2, 0.25) is 5.02 Å². The Morgan fingerprint density at radius 3 is 2.59 bits per heavy atom. The fourth-order valence-corrected chi connectivity index (χ4v) is 2.97. The Hall–Kier alpha value is -2.44. The molecular weight excluding hydrogens is 388 g/mol. The molecule has 0 radical (unpaired) electrons. The molecule has 2 N–H and O–H groups in total. The van der Waals surface area contributed by atoms with Crippen molar-refractivity contribution in [1.29, 1.82) is 0 Å². The van der Waals surface area contributed by atoms with E-state index in [-0.39, 0.29) is 0 Å². The normalized spacial score (nSPS) is 11.4. The quantitative estimate of drug-likeness (QED) is 0.458. The van der Waals surface area contributed by atoms with Gasteiger partial charge in [-0.25, -0.2) is 0 Å². The lowest BCUT2D eigenvalue weighted by Crippen LogP contribution is -2.38. The molecule has 0 aromatic heterocycles. The average Bonchev–Trinajstić information content (AvgIpc) is 2.72. The summed E-state index contributed by atoms with van der Waals surface area (Å²) in [5, 5.41) is 7.37. The summed E-state index contributed by atoms with van der Waals surface area (Å²) in [5.74, 6) is 2.38. The van der Waals surface area contributed by atoms with Crippen LogP contribution in [0.5, 0.6) is 11.5 Å². The third-order valence-electron chi connectivity index (χ3n) is 4.39. The minimum absolute atomic E-state index is 0.626. The van der Waals surface area contributed by atoms with Gasteiger partial charge < -0.3 is 25.0 Å². The van der Waals surface area contributed by atoms with Crippen molar-refractivity contribution < 1.29 is 9.47 Å². The highest BCUT2D eigenvalue weighted by atomic mass is 35.5. The smallest absolute Gasteiger partial charge is 0.191 e. The number of rotatable bonds is 10. The van der Waals surface area contributed by atoms with E-state index >= 15 is 0 Å². The van der Waals surface area contributed by atoms with Gasteiger partial charge in [-0.3, -0.25) is 4.99 Å². The van der Waals surface area contributed by atoms with E-state index in [1.165, 1.54) is 0 Å². The van der Waals surface area contributed by atoms with Crippen molar-refractivity contribution in [3.05, 3.63) is 58.6 Å². The highest BCUT2D eigenvalue weighted by Gasteiger charge is 2.06. The second-order valence-corrected chi connectivity index (χ2v) is 7.23. The van der Waals surface area contributed by atoms with Crippen LogP contribution in [0.3, 0.4) is 0 Å². The zero-order valence-corrected chi connectivity index (χ0v) is 18.4. The maximum absolute atomic E-state index is 6.31. The number of methoxy groups -OCH3 is 1. The van der Waals surface area contributed by atoms with Crippen molar-refractivity contribution in [2.24, 2.45) is 4.99 Å². The van der Waals surface area contributed by atoms with Gasteiger partial charge in [-0.05, 0) is 44.3 Å². The first-order chi connectivity index (χ1) is 14.0. The molecule has 2 aromatic rings. The number of hydrogen-bond donors (Lipinski definition) is 2. The van der Waals surface area contributed by atoms with Gasteiger partial charge in [0.15, 0.2) is 5.96 Å². The topological polar surface area (TPSA) is 58.1 Å². The van der Waals surface area contributed by atoms with Gasteiger partial charge in [0.25, 0.3) is 0 Å². The van der Waals surface area contributed by atoms with E-state index in [2.05, 4.69) is 26.6 Å². The van der Waals surface area contributed by atoms with E-state index in [0.717, 1.165) is 41.6 Å². The zero-order valence-electron chi connectivity index (χ0n) is 17.7. The standard InChI is InChI=1S/C22H31ClN4O2/c1-24-22(25-12-11-17-9-10-19(28-4)15-20(17)23)26-16-18-7-5-6-8-21(18)29-14-13-27(2)3/h5-10,15H,11-14,16H2,1-4H3,(H2,24,25,26). The van der Waals surface area contributed by atoms with Crippen molar-refractivity contribution in [2.75, 3.05) is 47.9 Å². The lowest BCUT2D eigenvalue weighted by Gasteiger charge is -2.16. The molecule has 0 aliphatic rings. The Morgan fingerprint density at radius 1 is 1.10 bits per heavy atom. The molecule has 2 rings (SSSR count). The molecule has 0 aliphatic carbocycles. The number of likely N-dealkylation sites (N-methyl/N-ethyl adjacent to an activating group) is 1. The summed E-state index contributed by atoms with van der Waals surface area (Å²) >= 11 is 6.31. The molecule has 0 fully saturated rings. The van der Waals surface area contributed by atoms with Crippen molar-refractivity contribution >= 4 is 17.6 Å². The van der Waals surface area contributed by atoms with Gasteiger partial charge in [0, 0.05) is 37.3 Å². The molecule has 0 unspecified atom stereocenters. The molecule has 6 nitrogen and oxygen atoms in total. The zero-order chi connectivity index (χ0) is 21.1. The minimum Gasteiger partial charge on any atom is -0.497 e. The van der Waals surface area contributed by atoms with Crippen LogP contribution in [-0.2, 0) is 13.0 Å². The summed E-state index contributed by atoms with van der Waals surface area (Å²) in [6.07, 6.45) is 0.785. The van der Waals surface area contributed by atoms with Crippen LogP contribution >= 0.6 is 11.6 Å². The molecule has 0 bridgehead atoms. The molecule has 158 valence electrons. The van der Waals surface area contributed by atoms with Crippen LogP contribution in [0.15, 0.2) is 47.5 Å². The average molecular weight is 419 g/mol. The third-order valence-corrected chi connectivity index (χ3v) is 4.74. The lowest BCUT2D eigenvalue weighted by molar-refractivity contribution is 0.259. The number of guanidine groups is 1. The van der Waals surface area contributed by atoms with Gasteiger partial charge in [0.2, 0.25) is 0 Å². The second-order valence-electron chi connectivity index (χ2n) is 6.82. The Balaban J connectivity index is 1.83. The third kappa shape index (κ3) is 7.83. The molecule has 0 amide bonds. The number of nitrogens with one attached hydrogen (secondary N) is 2. The fraction of sp³-hybridized carbons (Fsp3) is 0.409. The number of hydrogen-bond acceptors (Lipinski definition) is 4. The van der Waals surface area contributed by atoms with Crippen LogP contribution in [0.1, 0.15) is 11.1 Å². The van der Waals surface area contributed by atoms with E-state index in [0.29, 0.717) is 24.7 Å². The van der Waals surface area contributed by atoms with E-state index in [9.17, 15) is 0 Å². The SMILES string of the molecule is CN=C(NCCc1ccc(OC)cc1Cl)NCc1ccccc1OCCN(C)C. The van der Waals surface area contributed by atoms with E-state index < -0.39 is 0 Å². The molecule has 29 heavy (non-hydrogen) atoms. The van der Waals surface area contributed by atoms with E-state index in [1.54, 1.807) is 14.2 Å². The molecule has 0 saturated heterocycles. The van der Waals surface area contributed by atoms with Gasteiger partial charge in [0.05, 0.1) is 7.11 Å². The monoisotopic (exact) mass is 418 g/mol. The van der Waals surface area contributed by atoms with Gasteiger partial charge >= 0.3 is 0 Å². The molecule has 0 spiro atoms. The van der Waals surface area contributed by atoms with Crippen LogP contribution in [0.25, 0.3) is 0 Å². The van der Waals surface area contributed by atoms with Crippen molar-refractivity contribution in [3.8, 4) is 11.5 Å². The van der Waals surface area contributed by atoms with Crippen LogP contribution in [0, 0.1) is 0 Å². The Kier molecular flexibility index (Phi) is 9.60. The summed E-state index contributed by atoms with van der Waals surface area (Å²) in [6, 6.07) is 13.8. The predicted molar refractivity (Wildman–Crippen MR) is 120 cm³/mol. The number of ether oxygens (including phenoxy) is 2. The molecule has 0 saturated carbocycles.